The number of hydrogen-bond donors (Lipinski definition) is 0. The molecule has 6 aromatic heterocycles. The quantitative estimate of drug-likeness (QED) is 0.154. The predicted molar refractivity (Wildman–Crippen MR) is 331 cm³/mol. The first-order valence-corrected chi connectivity index (χ1v) is 28.1. The summed E-state index contributed by atoms with van der Waals surface area (Å²) >= 11 is 1.91. The molecule has 0 aliphatic carbocycles. The van der Waals surface area contributed by atoms with Crippen LogP contribution in [0.15, 0.2) is 199 Å². The van der Waals surface area contributed by atoms with Crippen molar-refractivity contribution in [3.8, 4) is 0 Å². The molecule has 6 aromatic carbocycles. The lowest BCUT2D eigenvalue weighted by atomic mass is 10.0. The standard InChI is InChI=1S/C12H15N.2C12H12O2.C11H14N2.C11H12O.C11H12S/c1-9(2)12-8-10-6-4-5-7-11(10)13(12)3;1-8(2)12-7-10(13)9-5-3-4-6-11(9)14-12;1-8(2)10-7-9-5-3-4-6-11(9)14-12(10)13;1-8(2)11-9-6-4-5-7-10(9)13(3)12-11;2*1-8(2)11-7-9-5-3-4-6-10(9)12-11/h4-9H,1-3H3;2*3-8H,1-2H3;4-8H,1-3H3;2*3-8H,1-2H3. The average Bonchev–Trinajstić information content (AvgIpc) is 4.25. The van der Waals surface area contributed by atoms with Crippen LogP contribution in [0.2, 0.25) is 0 Å². The van der Waals surface area contributed by atoms with Gasteiger partial charge in [-0.05, 0) is 101 Å². The van der Waals surface area contributed by atoms with Gasteiger partial charge in [-0.2, -0.15) is 5.10 Å². The Bertz CT molecular complexity index is 3840. The summed E-state index contributed by atoms with van der Waals surface area (Å²) in [5.41, 5.74) is 8.00. The first-order valence-electron chi connectivity index (χ1n) is 27.3. The second kappa shape index (κ2) is 26.5. The molecule has 12 aromatic rings. The second-order valence-electron chi connectivity index (χ2n) is 21.6. The molecule has 0 unspecified atom stereocenters. The summed E-state index contributed by atoms with van der Waals surface area (Å²) < 4.78 is 22.1. The highest BCUT2D eigenvalue weighted by Gasteiger charge is 2.12. The Morgan fingerprint density at radius 2 is 0.923 bits per heavy atom. The number of para-hydroxylation sites is 5. The van der Waals surface area contributed by atoms with E-state index in [1.54, 1.807) is 18.2 Å². The molecule has 0 saturated heterocycles. The Labute approximate surface area is 464 Å². The number of nitrogens with zero attached hydrogens (tertiary/aromatic N) is 3. The minimum absolute atomic E-state index is 0.0375. The van der Waals surface area contributed by atoms with Gasteiger partial charge in [0.15, 0.2) is 5.43 Å². The van der Waals surface area contributed by atoms with E-state index in [1.807, 2.05) is 117 Å². The summed E-state index contributed by atoms with van der Waals surface area (Å²) in [5.74, 6) is 4.47. The summed E-state index contributed by atoms with van der Waals surface area (Å²) in [6.07, 6.45) is 0. The minimum atomic E-state index is -0.223. The Morgan fingerprint density at radius 1 is 0.423 bits per heavy atom. The van der Waals surface area contributed by atoms with Gasteiger partial charge >= 0.3 is 5.63 Å². The van der Waals surface area contributed by atoms with E-state index >= 15 is 0 Å². The second-order valence-corrected chi connectivity index (χ2v) is 22.7. The Kier molecular flexibility index (Phi) is 19.7. The number of hydrogen-bond acceptors (Lipinski definition) is 7. The van der Waals surface area contributed by atoms with Crippen LogP contribution in [-0.2, 0) is 14.1 Å². The van der Waals surface area contributed by atoms with Gasteiger partial charge in [-0.25, -0.2) is 4.79 Å². The molecule has 78 heavy (non-hydrogen) atoms. The van der Waals surface area contributed by atoms with Crippen LogP contribution in [0.5, 0.6) is 0 Å². The number of rotatable bonds is 6. The zero-order valence-corrected chi connectivity index (χ0v) is 48.8. The maximum atomic E-state index is 11.6. The van der Waals surface area contributed by atoms with Crippen LogP contribution in [0.25, 0.3) is 64.8 Å². The molecule has 9 heteroatoms. The van der Waals surface area contributed by atoms with Crippen LogP contribution in [0.4, 0.5) is 0 Å². The van der Waals surface area contributed by atoms with Crippen molar-refractivity contribution in [3.05, 3.63) is 230 Å². The fourth-order valence-electron chi connectivity index (χ4n) is 8.99. The number of aryl methyl sites for hydroxylation is 2. The van der Waals surface area contributed by atoms with Gasteiger partial charge in [0.25, 0.3) is 0 Å². The third kappa shape index (κ3) is 14.4. The fraction of sp³-hybridized carbons (Fsp3) is 0.290. The van der Waals surface area contributed by atoms with Gasteiger partial charge < -0.3 is 17.8 Å². The molecule has 0 N–H and O–H groups in total. The summed E-state index contributed by atoms with van der Waals surface area (Å²) in [5, 5.41) is 11.3. The van der Waals surface area contributed by atoms with Crippen molar-refractivity contribution < 1.29 is 13.3 Å². The molecule has 0 spiro atoms. The lowest BCUT2D eigenvalue weighted by molar-refractivity contribution is 0.509. The number of aromatic nitrogens is 3. The van der Waals surface area contributed by atoms with E-state index in [-0.39, 0.29) is 22.9 Å². The Balaban J connectivity index is 0.000000136. The highest BCUT2D eigenvalue weighted by Crippen LogP contribution is 2.31. The summed E-state index contributed by atoms with van der Waals surface area (Å²) in [6, 6.07) is 58.6. The minimum Gasteiger partial charge on any atom is -0.461 e. The topological polar surface area (TPSA) is 96.3 Å². The van der Waals surface area contributed by atoms with Crippen LogP contribution >= 0.6 is 11.3 Å². The summed E-state index contributed by atoms with van der Waals surface area (Å²) in [7, 11) is 4.13. The van der Waals surface area contributed by atoms with Gasteiger partial charge in [-0.15, -0.1) is 11.3 Å². The monoisotopic (exact) mass is 1060 g/mol. The highest BCUT2D eigenvalue weighted by atomic mass is 32.1. The van der Waals surface area contributed by atoms with E-state index in [1.165, 1.54) is 53.5 Å². The molecule has 404 valence electrons. The van der Waals surface area contributed by atoms with Crippen molar-refractivity contribution >= 4 is 76.1 Å². The van der Waals surface area contributed by atoms with Gasteiger partial charge in [0, 0.05) is 74.5 Å². The molecule has 0 amide bonds. The van der Waals surface area contributed by atoms with Crippen molar-refractivity contribution in [1.82, 2.24) is 14.3 Å². The van der Waals surface area contributed by atoms with Gasteiger partial charge in [0.2, 0.25) is 0 Å². The molecular formula is C69H77N3O5S. The zero-order chi connectivity index (χ0) is 56.2. The van der Waals surface area contributed by atoms with Crippen LogP contribution in [0.3, 0.4) is 0 Å². The maximum absolute atomic E-state index is 11.6. The number of thiophene rings is 1. The molecule has 12 rings (SSSR count). The maximum Gasteiger partial charge on any atom is 0.339 e. The number of benzene rings is 6. The van der Waals surface area contributed by atoms with Gasteiger partial charge in [0.05, 0.1) is 16.6 Å². The normalized spacial score (nSPS) is 11.2. The van der Waals surface area contributed by atoms with Crippen molar-refractivity contribution in [3.63, 3.8) is 0 Å². The van der Waals surface area contributed by atoms with Crippen molar-refractivity contribution in [2.45, 2.75) is 119 Å². The smallest absolute Gasteiger partial charge is 0.339 e. The molecule has 0 aliphatic heterocycles. The number of furan rings is 1. The van der Waals surface area contributed by atoms with Gasteiger partial charge in [-0.1, -0.05) is 186 Å². The van der Waals surface area contributed by atoms with E-state index in [4.69, 9.17) is 13.3 Å². The van der Waals surface area contributed by atoms with E-state index in [2.05, 4.69) is 163 Å². The van der Waals surface area contributed by atoms with E-state index in [0.717, 1.165) is 28.1 Å². The third-order valence-corrected chi connectivity index (χ3v) is 14.9. The first kappa shape index (κ1) is 57.9. The Morgan fingerprint density at radius 3 is 1.49 bits per heavy atom. The Hall–Kier alpha value is -7.75. The van der Waals surface area contributed by atoms with Crippen molar-refractivity contribution in [1.29, 1.82) is 0 Å². The van der Waals surface area contributed by atoms with Crippen molar-refractivity contribution in [2.24, 2.45) is 14.1 Å². The molecule has 0 aliphatic rings. The molecular weight excluding hydrogens is 983 g/mol. The van der Waals surface area contributed by atoms with Crippen LogP contribution in [0, 0.1) is 0 Å². The SMILES string of the molecule is CC(C)c1cc(=O)c2ccccc2o1.CC(C)c1cc2ccccc2n1C.CC(C)c1cc2ccccc2o1.CC(C)c1cc2ccccc2oc1=O.CC(C)c1cc2ccccc2s1.CC(C)c1nn(C)c2ccccc12. The molecule has 6 heterocycles. The van der Waals surface area contributed by atoms with E-state index in [0.29, 0.717) is 40.2 Å². The molecule has 0 bridgehead atoms. The molecule has 0 saturated carbocycles. The lowest BCUT2D eigenvalue weighted by Gasteiger charge is -2.06. The first-order chi connectivity index (χ1) is 37.3. The van der Waals surface area contributed by atoms with Crippen LogP contribution < -0.4 is 11.1 Å². The summed E-state index contributed by atoms with van der Waals surface area (Å²) in [4.78, 5) is 24.6. The van der Waals surface area contributed by atoms with E-state index < -0.39 is 0 Å². The van der Waals surface area contributed by atoms with Crippen LogP contribution in [0.1, 0.15) is 152 Å². The van der Waals surface area contributed by atoms with Gasteiger partial charge in [0.1, 0.15) is 28.3 Å². The third-order valence-electron chi connectivity index (χ3n) is 13.5. The largest absolute Gasteiger partial charge is 0.461 e. The zero-order valence-electron chi connectivity index (χ0n) is 48.0. The van der Waals surface area contributed by atoms with Gasteiger partial charge in [-0.3, -0.25) is 9.48 Å². The van der Waals surface area contributed by atoms with E-state index in [9.17, 15) is 9.59 Å². The van der Waals surface area contributed by atoms with Crippen molar-refractivity contribution in [2.75, 3.05) is 0 Å². The molecule has 0 radical (unpaired) electrons. The molecule has 0 atom stereocenters. The highest BCUT2D eigenvalue weighted by molar-refractivity contribution is 7.19. The molecule has 0 fully saturated rings. The predicted octanol–water partition coefficient (Wildman–Crippen LogP) is 19.4. The average molecular weight is 1060 g/mol. The lowest BCUT2D eigenvalue weighted by Crippen LogP contribution is -2.08. The number of fused-ring (bicyclic) bond motifs is 6. The molecule has 8 nitrogen and oxygen atoms in total. The van der Waals surface area contributed by atoms with Crippen LogP contribution in [-0.4, -0.2) is 14.3 Å². The summed E-state index contributed by atoms with van der Waals surface area (Å²) in [6.45, 7) is 25.6. The fourth-order valence-corrected chi connectivity index (χ4v) is 10.1.